The van der Waals surface area contributed by atoms with E-state index in [2.05, 4.69) is 10.3 Å². The highest BCUT2D eigenvalue weighted by Gasteiger charge is 2.48. The lowest BCUT2D eigenvalue weighted by atomic mass is 10.0. The highest BCUT2D eigenvalue weighted by Crippen LogP contribution is 2.48. The molecule has 1 amide bonds. The molecule has 1 saturated carbocycles. The van der Waals surface area contributed by atoms with Crippen LogP contribution >= 0.6 is 0 Å². The molecule has 2 saturated heterocycles. The summed E-state index contributed by atoms with van der Waals surface area (Å²) in [6, 6.07) is 13.8. The van der Waals surface area contributed by atoms with E-state index in [-0.39, 0.29) is 79.2 Å². The number of cyclic esters (lactones) is 1. The van der Waals surface area contributed by atoms with Crippen molar-refractivity contribution in [1.29, 1.82) is 0 Å². The molecular formula is C38H34F2N6O8. The molecule has 0 unspecified atom stereocenters. The van der Waals surface area contributed by atoms with E-state index in [0.29, 0.717) is 12.1 Å². The Morgan fingerprint density at radius 1 is 1.06 bits per heavy atom. The molecule has 1 N–H and O–H groups in total. The van der Waals surface area contributed by atoms with Gasteiger partial charge in [-0.1, -0.05) is 35.5 Å². The smallest absolute Gasteiger partial charge is 0.414 e. The SMILES string of the molecule is O=C(OCc1ccccc1)c1cn(C2CC2)c2c3c(c(F)cc2c1=O)N1C[C@](O)(COc2ccc(N4C[C@@H](Cn5ccnn5)OC4=O)cc2F)C[C@@H]1CO3. The van der Waals surface area contributed by atoms with Gasteiger partial charge in [0.05, 0.1) is 48.5 Å². The van der Waals surface area contributed by atoms with Crippen molar-refractivity contribution in [3.8, 4) is 11.5 Å². The molecule has 3 aliphatic heterocycles. The number of aromatic nitrogens is 4. The van der Waals surface area contributed by atoms with Crippen LogP contribution in [0.3, 0.4) is 0 Å². The minimum absolute atomic E-state index is 0.00426. The van der Waals surface area contributed by atoms with E-state index in [9.17, 15) is 19.5 Å². The Labute approximate surface area is 306 Å². The number of fused-ring (bicyclic) bond motifs is 5. The molecule has 0 radical (unpaired) electrons. The van der Waals surface area contributed by atoms with E-state index in [1.54, 1.807) is 27.8 Å². The van der Waals surface area contributed by atoms with Gasteiger partial charge in [-0.25, -0.2) is 23.1 Å². The maximum absolute atomic E-state index is 16.1. The summed E-state index contributed by atoms with van der Waals surface area (Å²) in [5.74, 6) is -2.27. The number of hydrogen-bond acceptors (Lipinski definition) is 11. The van der Waals surface area contributed by atoms with E-state index in [4.69, 9.17) is 18.9 Å². The van der Waals surface area contributed by atoms with Crippen LogP contribution in [0.2, 0.25) is 0 Å². The summed E-state index contributed by atoms with van der Waals surface area (Å²) in [5, 5.41) is 19.3. The lowest BCUT2D eigenvalue weighted by Crippen LogP contribution is -2.41. The first-order valence-corrected chi connectivity index (χ1v) is 17.6. The molecule has 54 heavy (non-hydrogen) atoms. The Hall–Kier alpha value is -6.03. The number of halogens is 2. The Morgan fingerprint density at radius 2 is 1.89 bits per heavy atom. The molecule has 2 aromatic heterocycles. The predicted molar refractivity (Wildman–Crippen MR) is 188 cm³/mol. The first-order chi connectivity index (χ1) is 26.1. The maximum Gasteiger partial charge on any atom is 0.414 e. The van der Waals surface area contributed by atoms with Gasteiger partial charge >= 0.3 is 12.1 Å². The molecule has 14 nitrogen and oxygen atoms in total. The van der Waals surface area contributed by atoms with Crippen molar-refractivity contribution in [2.24, 2.45) is 0 Å². The van der Waals surface area contributed by atoms with Gasteiger partial charge in [0.15, 0.2) is 23.1 Å². The number of amides is 1. The van der Waals surface area contributed by atoms with Crippen LogP contribution in [-0.4, -0.2) is 80.8 Å². The van der Waals surface area contributed by atoms with Gasteiger partial charge in [-0.05, 0) is 36.6 Å². The van der Waals surface area contributed by atoms with Gasteiger partial charge in [0.25, 0.3) is 0 Å². The van der Waals surface area contributed by atoms with Crippen molar-refractivity contribution in [2.45, 2.75) is 56.2 Å². The van der Waals surface area contributed by atoms with Crippen LogP contribution in [-0.2, 0) is 22.6 Å². The molecular weight excluding hydrogens is 706 g/mol. The van der Waals surface area contributed by atoms with E-state index >= 15 is 8.78 Å². The Kier molecular flexibility index (Phi) is 8.21. The molecule has 278 valence electrons. The minimum atomic E-state index is -1.52. The van der Waals surface area contributed by atoms with Crippen molar-refractivity contribution >= 4 is 34.3 Å². The van der Waals surface area contributed by atoms with Gasteiger partial charge in [-0.3, -0.25) is 9.69 Å². The third-order valence-electron chi connectivity index (χ3n) is 10.3. The molecule has 1 aliphatic carbocycles. The summed E-state index contributed by atoms with van der Waals surface area (Å²) in [5.41, 5.74) is -0.871. The van der Waals surface area contributed by atoms with Gasteiger partial charge in [-0.2, -0.15) is 0 Å². The van der Waals surface area contributed by atoms with Crippen LogP contribution in [0.5, 0.6) is 11.5 Å². The zero-order valence-corrected chi connectivity index (χ0v) is 28.8. The number of nitrogens with zero attached hydrogens (tertiary/aromatic N) is 6. The second-order valence-corrected chi connectivity index (χ2v) is 14.2. The molecule has 0 bridgehead atoms. The molecule has 5 heterocycles. The number of rotatable bonds is 10. The summed E-state index contributed by atoms with van der Waals surface area (Å²) in [7, 11) is 0. The fraction of sp³-hybridized carbons (Fsp3) is 0.342. The summed E-state index contributed by atoms with van der Waals surface area (Å²) in [6.07, 6.45) is 5.25. The lowest BCUT2D eigenvalue weighted by Gasteiger charge is -2.34. The summed E-state index contributed by atoms with van der Waals surface area (Å²) >= 11 is 0. The van der Waals surface area contributed by atoms with Gasteiger partial charge in [-0.15, -0.1) is 5.10 Å². The topological polar surface area (TPSA) is 150 Å². The number of anilines is 2. The van der Waals surface area contributed by atoms with Gasteiger partial charge < -0.3 is 33.5 Å². The van der Waals surface area contributed by atoms with Crippen LogP contribution in [0.1, 0.15) is 41.2 Å². The maximum atomic E-state index is 16.1. The molecule has 0 spiro atoms. The third kappa shape index (κ3) is 6.15. The summed E-state index contributed by atoms with van der Waals surface area (Å²) in [6.45, 7) is 0.175. The third-order valence-corrected chi connectivity index (χ3v) is 10.3. The normalized spacial score (nSPS) is 21.8. The second-order valence-electron chi connectivity index (χ2n) is 14.2. The van der Waals surface area contributed by atoms with Gasteiger partial charge in [0.2, 0.25) is 5.43 Å². The zero-order valence-electron chi connectivity index (χ0n) is 28.8. The fourth-order valence-electron chi connectivity index (χ4n) is 7.54. The molecule has 5 aromatic rings. The fourth-order valence-corrected chi connectivity index (χ4v) is 7.54. The van der Waals surface area contributed by atoms with Crippen LogP contribution in [0.25, 0.3) is 10.9 Å². The molecule has 4 aliphatic rings. The largest absolute Gasteiger partial charge is 0.487 e. The Bertz CT molecular complexity index is 2340. The van der Waals surface area contributed by atoms with Crippen LogP contribution in [0, 0.1) is 11.6 Å². The summed E-state index contributed by atoms with van der Waals surface area (Å²) in [4.78, 5) is 42.4. The van der Waals surface area contributed by atoms with Crippen LogP contribution < -0.4 is 24.7 Å². The van der Waals surface area contributed by atoms with E-state index < -0.39 is 46.9 Å². The Morgan fingerprint density at radius 3 is 2.65 bits per heavy atom. The average Bonchev–Trinajstić information content (AvgIpc) is 3.58. The van der Waals surface area contributed by atoms with E-state index in [1.165, 1.54) is 34.1 Å². The molecule has 9 rings (SSSR count). The number of ether oxygens (including phenoxy) is 4. The number of carbonyl (C=O) groups excluding carboxylic acids is 2. The first kappa shape index (κ1) is 33.8. The van der Waals surface area contributed by atoms with Crippen molar-refractivity contribution in [3.05, 3.63) is 106 Å². The van der Waals surface area contributed by atoms with Gasteiger partial charge in [0.1, 0.15) is 42.8 Å². The monoisotopic (exact) mass is 740 g/mol. The minimum Gasteiger partial charge on any atom is -0.487 e. The second kappa shape index (κ2) is 13.1. The van der Waals surface area contributed by atoms with Crippen molar-refractivity contribution in [3.63, 3.8) is 0 Å². The highest BCUT2D eigenvalue weighted by molar-refractivity contribution is 5.98. The van der Waals surface area contributed by atoms with Gasteiger partial charge in [0, 0.05) is 30.9 Å². The van der Waals surface area contributed by atoms with E-state index in [0.717, 1.165) is 30.5 Å². The summed E-state index contributed by atoms with van der Waals surface area (Å²) < 4.78 is 57.6. The van der Waals surface area contributed by atoms with Crippen molar-refractivity contribution in [1.82, 2.24) is 19.6 Å². The Balaban J connectivity index is 0.926. The number of pyridine rings is 1. The zero-order chi connectivity index (χ0) is 37.1. The molecule has 3 aromatic carbocycles. The number of hydrogen-bond donors (Lipinski definition) is 1. The quantitative estimate of drug-likeness (QED) is 0.204. The van der Waals surface area contributed by atoms with E-state index in [1.807, 2.05) is 18.2 Å². The van der Waals surface area contributed by atoms with Crippen LogP contribution in [0.15, 0.2) is 78.0 Å². The predicted octanol–water partition coefficient (Wildman–Crippen LogP) is 4.37. The lowest BCUT2D eigenvalue weighted by molar-refractivity contribution is 0.00980. The molecule has 3 fully saturated rings. The number of carbonyl (C=O) groups is 2. The molecule has 16 heteroatoms. The number of aliphatic hydroxyl groups is 1. The van der Waals surface area contributed by atoms with Crippen molar-refractivity contribution < 1.29 is 42.4 Å². The average molecular weight is 741 g/mol. The highest BCUT2D eigenvalue weighted by atomic mass is 19.1. The van der Waals surface area contributed by atoms with Crippen LogP contribution in [0.4, 0.5) is 25.0 Å². The number of esters is 1. The first-order valence-electron chi connectivity index (χ1n) is 17.6. The standard InChI is InChI=1S/C38H34F2N6O8/c39-29-12-24(45-16-26(54-37(45)49)15-43-11-10-41-42-43)8-9-31(29)53-21-38(50)14-25-19-51-35-32-27(13-30(40)33(35)46(25)20-38)34(47)28(17-44(32)23-6-7-23)36(48)52-18-22-4-2-1-3-5-22/h1-5,8-13,17,23,25-26,50H,6-7,14-16,18-21H2/t25-,26-,38+/m1/s1. The number of benzene rings is 3. The van der Waals surface area contributed by atoms with Crippen molar-refractivity contribution in [2.75, 3.05) is 36.1 Å². The molecule has 3 atom stereocenters.